The Morgan fingerprint density at radius 2 is 1.67 bits per heavy atom. The Kier molecular flexibility index (Phi) is 7.54. The predicted molar refractivity (Wildman–Crippen MR) is 135 cm³/mol. The fraction of sp³-hybridized carbons (Fsp3) is 0.0714. The van der Waals surface area contributed by atoms with Crippen LogP contribution in [0.25, 0.3) is 17.3 Å². The summed E-state index contributed by atoms with van der Waals surface area (Å²) in [4.78, 5) is 25.8. The van der Waals surface area contributed by atoms with E-state index in [1.54, 1.807) is 55.7 Å². The molecular weight excluding hydrogens is 456 g/mol. The molecule has 3 aromatic carbocycles. The molecule has 8 heteroatoms. The number of methoxy groups -OCH3 is 1. The number of benzene rings is 3. The highest BCUT2D eigenvalue weighted by Gasteiger charge is 2.19. The fourth-order valence-electron chi connectivity index (χ4n) is 3.51. The number of carbonyl (C=O) groups is 2. The highest BCUT2D eigenvalue weighted by Crippen LogP contribution is 2.26. The van der Waals surface area contributed by atoms with E-state index < -0.39 is 18.5 Å². The summed E-state index contributed by atoms with van der Waals surface area (Å²) in [6, 6.07) is 27.3. The summed E-state index contributed by atoms with van der Waals surface area (Å²) < 4.78 is 12.2. The van der Waals surface area contributed by atoms with E-state index in [1.807, 2.05) is 48.5 Å². The molecule has 0 unspecified atom stereocenters. The number of anilines is 1. The van der Waals surface area contributed by atoms with Crippen molar-refractivity contribution in [2.24, 2.45) is 0 Å². The van der Waals surface area contributed by atoms with Gasteiger partial charge in [-0.15, -0.1) is 0 Å². The first-order valence-corrected chi connectivity index (χ1v) is 11.0. The van der Waals surface area contributed by atoms with Crippen LogP contribution in [0.3, 0.4) is 0 Å². The van der Waals surface area contributed by atoms with Crippen LogP contribution in [0.15, 0.2) is 91.1 Å². The minimum absolute atomic E-state index is 0.180. The van der Waals surface area contributed by atoms with E-state index in [1.165, 1.54) is 10.9 Å². The fourth-order valence-corrected chi connectivity index (χ4v) is 3.51. The molecule has 1 heterocycles. The molecule has 1 amide bonds. The van der Waals surface area contributed by atoms with Crippen LogP contribution in [0.2, 0.25) is 0 Å². The third-order valence-electron chi connectivity index (χ3n) is 5.23. The zero-order chi connectivity index (χ0) is 25.3. The van der Waals surface area contributed by atoms with Gasteiger partial charge in [-0.05, 0) is 29.8 Å². The summed E-state index contributed by atoms with van der Waals surface area (Å²) >= 11 is 0. The van der Waals surface area contributed by atoms with Gasteiger partial charge < -0.3 is 14.8 Å². The van der Waals surface area contributed by atoms with E-state index in [9.17, 15) is 14.9 Å². The molecule has 0 bridgehead atoms. The normalized spacial score (nSPS) is 10.8. The third-order valence-corrected chi connectivity index (χ3v) is 5.23. The van der Waals surface area contributed by atoms with Gasteiger partial charge in [-0.1, -0.05) is 66.7 Å². The third kappa shape index (κ3) is 5.48. The van der Waals surface area contributed by atoms with Gasteiger partial charge in [0.15, 0.2) is 12.4 Å². The summed E-state index contributed by atoms with van der Waals surface area (Å²) in [5.74, 6) is -0.506. The van der Waals surface area contributed by atoms with E-state index >= 15 is 0 Å². The smallest absolute Gasteiger partial charge is 0.339 e. The maximum absolute atomic E-state index is 13.1. The average Bonchev–Trinajstić information content (AvgIpc) is 3.33. The van der Waals surface area contributed by atoms with Gasteiger partial charge in [0.05, 0.1) is 24.6 Å². The first kappa shape index (κ1) is 24.0. The summed E-state index contributed by atoms with van der Waals surface area (Å²) in [6.07, 6.45) is 3.02. The molecule has 0 aliphatic heterocycles. The van der Waals surface area contributed by atoms with Crippen LogP contribution >= 0.6 is 0 Å². The highest BCUT2D eigenvalue weighted by molar-refractivity contribution is 6.22. The lowest BCUT2D eigenvalue weighted by molar-refractivity contribution is -0.141. The van der Waals surface area contributed by atoms with Gasteiger partial charge in [0.2, 0.25) is 0 Å². The van der Waals surface area contributed by atoms with Crippen LogP contribution in [0.5, 0.6) is 5.75 Å². The van der Waals surface area contributed by atoms with Gasteiger partial charge in [-0.25, -0.2) is 9.48 Å². The zero-order valence-electron chi connectivity index (χ0n) is 19.4. The molecule has 178 valence electrons. The van der Waals surface area contributed by atoms with Crippen molar-refractivity contribution in [3.05, 3.63) is 108 Å². The quantitative estimate of drug-likeness (QED) is 0.227. The van der Waals surface area contributed by atoms with Crippen LogP contribution in [-0.2, 0) is 14.3 Å². The van der Waals surface area contributed by atoms with Crippen molar-refractivity contribution in [1.82, 2.24) is 9.78 Å². The average molecular weight is 479 g/mol. The lowest BCUT2D eigenvalue weighted by atomic mass is 10.0. The van der Waals surface area contributed by atoms with Crippen molar-refractivity contribution in [2.75, 3.05) is 19.0 Å². The van der Waals surface area contributed by atoms with E-state index in [2.05, 4.69) is 10.4 Å². The topological polar surface area (TPSA) is 106 Å². The van der Waals surface area contributed by atoms with Crippen LogP contribution in [0, 0.1) is 11.3 Å². The van der Waals surface area contributed by atoms with Crippen molar-refractivity contribution in [1.29, 1.82) is 5.26 Å². The minimum atomic E-state index is -0.681. The van der Waals surface area contributed by atoms with Gasteiger partial charge in [-0.2, -0.15) is 10.4 Å². The van der Waals surface area contributed by atoms with E-state index in [0.29, 0.717) is 22.6 Å². The molecule has 0 spiro atoms. The van der Waals surface area contributed by atoms with Crippen LogP contribution in [-0.4, -0.2) is 35.4 Å². The number of hydrogen-bond acceptors (Lipinski definition) is 6. The molecule has 1 N–H and O–H groups in total. The maximum Gasteiger partial charge on any atom is 0.339 e. The number of nitrogens with one attached hydrogen (secondary N) is 1. The molecule has 0 saturated carbocycles. The Morgan fingerprint density at radius 1 is 1.00 bits per heavy atom. The number of ether oxygens (including phenoxy) is 2. The monoisotopic (exact) mass is 478 g/mol. The lowest BCUT2D eigenvalue weighted by Gasteiger charge is -2.12. The Balaban J connectivity index is 1.54. The molecule has 0 aliphatic rings. The summed E-state index contributed by atoms with van der Waals surface area (Å²) in [6.45, 7) is -0.556. The molecule has 0 atom stereocenters. The molecule has 4 rings (SSSR count). The van der Waals surface area contributed by atoms with Crippen LogP contribution < -0.4 is 10.1 Å². The predicted octanol–water partition coefficient (Wildman–Crippen LogP) is 4.48. The molecule has 0 saturated heterocycles. The van der Waals surface area contributed by atoms with Gasteiger partial charge in [0, 0.05) is 5.56 Å². The summed E-state index contributed by atoms with van der Waals surface area (Å²) in [5, 5.41) is 16.3. The molecule has 1 aromatic heterocycles. The number of esters is 1. The van der Waals surface area contributed by atoms with Crippen molar-refractivity contribution in [3.63, 3.8) is 0 Å². The number of aromatic nitrogens is 2. The van der Waals surface area contributed by atoms with E-state index in [-0.39, 0.29) is 17.0 Å². The second kappa shape index (κ2) is 11.3. The van der Waals surface area contributed by atoms with Crippen LogP contribution in [0.4, 0.5) is 5.82 Å². The van der Waals surface area contributed by atoms with E-state index in [0.717, 1.165) is 0 Å². The standard InChI is InChI=1S/C28H22N4O4/c1-35-25-15-9-8-12-21(25)16-24(20-10-4-2-5-11-20)28(34)36-19-26(33)31-27-22(17-29)18-30-32(27)23-13-6-3-7-14-23/h2-16,18H,19H2,1H3,(H,31,33)/b24-16+. The number of hydrogen-bond donors (Lipinski definition) is 1. The summed E-state index contributed by atoms with van der Waals surface area (Å²) in [5.41, 5.74) is 2.42. The lowest BCUT2D eigenvalue weighted by Crippen LogP contribution is -2.23. The van der Waals surface area contributed by atoms with Gasteiger partial charge in [0.25, 0.3) is 5.91 Å². The number of rotatable bonds is 8. The molecular formula is C28H22N4O4. The largest absolute Gasteiger partial charge is 0.496 e. The van der Waals surface area contributed by atoms with Crippen LogP contribution in [0.1, 0.15) is 16.7 Å². The van der Waals surface area contributed by atoms with Crippen molar-refractivity contribution < 1.29 is 19.1 Å². The minimum Gasteiger partial charge on any atom is -0.496 e. The van der Waals surface area contributed by atoms with Crippen molar-refractivity contribution in [3.8, 4) is 17.5 Å². The highest BCUT2D eigenvalue weighted by atomic mass is 16.5. The number of carbonyl (C=O) groups excluding carboxylic acids is 2. The number of nitriles is 1. The molecule has 8 nitrogen and oxygen atoms in total. The number of nitrogens with zero attached hydrogens (tertiary/aromatic N) is 3. The Bertz CT molecular complexity index is 1440. The molecule has 0 fully saturated rings. The maximum atomic E-state index is 13.1. The van der Waals surface area contributed by atoms with Crippen molar-refractivity contribution >= 4 is 29.3 Å². The molecule has 36 heavy (non-hydrogen) atoms. The van der Waals surface area contributed by atoms with Crippen molar-refractivity contribution in [2.45, 2.75) is 0 Å². The Hall–Kier alpha value is -5.16. The Morgan fingerprint density at radius 3 is 2.36 bits per heavy atom. The Labute approximate surface area is 208 Å². The first-order valence-electron chi connectivity index (χ1n) is 11.0. The van der Waals surface area contributed by atoms with Gasteiger partial charge >= 0.3 is 5.97 Å². The number of amides is 1. The SMILES string of the molecule is COc1ccccc1/C=C(/C(=O)OCC(=O)Nc1c(C#N)cnn1-c1ccccc1)c1ccccc1. The molecule has 0 radical (unpaired) electrons. The second-order valence-electron chi connectivity index (χ2n) is 7.56. The summed E-state index contributed by atoms with van der Waals surface area (Å²) in [7, 11) is 1.55. The second-order valence-corrected chi connectivity index (χ2v) is 7.56. The number of para-hydroxylation sites is 2. The van der Waals surface area contributed by atoms with Gasteiger partial charge in [0.1, 0.15) is 17.4 Å². The molecule has 4 aromatic rings. The zero-order valence-corrected chi connectivity index (χ0v) is 19.4. The van der Waals surface area contributed by atoms with Gasteiger partial charge in [-0.3, -0.25) is 4.79 Å². The molecule has 0 aliphatic carbocycles. The van der Waals surface area contributed by atoms with E-state index in [4.69, 9.17) is 9.47 Å². The first-order chi connectivity index (χ1) is 17.6.